The third-order valence-corrected chi connectivity index (χ3v) is 6.29. The maximum Gasteiger partial charge on any atom is 0.257 e. The van der Waals surface area contributed by atoms with Crippen LogP contribution in [-0.4, -0.2) is 39.4 Å². The van der Waals surface area contributed by atoms with Crippen LogP contribution in [0.2, 0.25) is 5.02 Å². The van der Waals surface area contributed by atoms with E-state index in [0.29, 0.717) is 34.2 Å². The number of carbonyl (C=O) groups is 1. The fourth-order valence-electron chi connectivity index (χ4n) is 3.26. The van der Waals surface area contributed by atoms with Gasteiger partial charge in [-0.05, 0) is 31.6 Å². The summed E-state index contributed by atoms with van der Waals surface area (Å²) in [6.07, 6.45) is 8.38. The van der Waals surface area contributed by atoms with Crippen LogP contribution >= 0.6 is 11.6 Å². The Morgan fingerprint density at radius 1 is 1.33 bits per heavy atom. The largest absolute Gasteiger partial charge is 0.284 e. The summed E-state index contributed by atoms with van der Waals surface area (Å²) < 4.78 is 29.6. The highest BCUT2D eigenvalue weighted by Crippen LogP contribution is 2.29. The van der Waals surface area contributed by atoms with Crippen molar-refractivity contribution in [3.63, 3.8) is 0 Å². The molecule has 0 aliphatic carbocycles. The van der Waals surface area contributed by atoms with Crippen molar-refractivity contribution in [1.29, 1.82) is 0 Å². The van der Waals surface area contributed by atoms with E-state index >= 15 is 0 Å². The summed E-state index contributed by atoms with van der Waals surface area (Å²) in [5, 5.41) is 5.77. The fraction of sp³-hybridized carbons (Fsp3) is 0.350. The third kappa shape index (κ3) is 4.73. The summed E-state index contributed by atoms with van der Waals surface area (Å²) in [7, 11) is -1.88. The Kier molecular flexibility index (Phi) is 6.62. The first-order valence-electron chi connectivity index (χ1n) is 9.61. The van der Waals surface area contributed by atoms with E-state index in [1.54, 1.807) is 40.8 Å². The van der Waals surface area contributed by atoms with Gasteiger partial charge in [-0.15, -0.1) is 0 Å². The first-order valence-corrected chi connectivity index (χ1v) is 11.6. The van der Waals surface area contributed by atoms with Crippen LogP contribution in [0, 0.1) is 6.92 Å². The van der Waals surface area contributed by atoms with Gasteiger partial charge in [0.15, 0.2) is 0 Å². The lowest BCUT2D eigenvalue weighted by atomic mass is 10.2. The number of halogens is 1. The number of pyridine rings is 1. The Balaban J connectivity index is 1.90. The predicted molar refractivity (Wildman–Crippen MR) is 118 cm³/mol. The number of unbranched alkanes of at least 4 members (excludes halogenated alkanes) is 2. The molecule has 1 N–H and O–H groups in total. The molecule has 0 aromatic carbocycles. The van der Waals surface area contributed by atoms with Crippen molar-refractivity contribution in [2.75, 3.05) is 5.75 Å². The van der Waals surface area contributed by atoms with Gasteiger partial charge in [-0.1, -0.05) is 31.4 Å². The van der Waals surface area contributed by atoms with Crippen molar-refractivity contribution in [2.45, 2.75) is 33.1 Å². The number of sulfonamides is 1. The van der Waals surface area contributed by atoms with Gasteiger partial charge in [0, 0.05) is 36.5 Å². The van der Waals surface area contributed by atoms with Crippen LogP contribution in [-0.2, 0) is 21.9 Å². The van der Waals surface area contributed by atoms with Gasteiger partial charge >= 0.3 is 0 Å². The minimum Gasteiger partial charge on any atom is -0.284 e. The normalized spacial score (nSPS) is 12.1. The van der Waals surface area contributed by atoms with E-state index in [1.165, 1.54) is 6.08 Å². The predicted octanol–water partition coefficient (Wildman–Crippen LogP) is 3.37. The molecule has 0 bridgehead atoms. The average molecular weight is 450 g/mol. The van der Waals surface area contributed by atoms with E-state index in [1.807, 2.05) is 19.9 Å². The zero-order valence-corrected chi connectivity index (χ0v) is 18.7. The van der Waals surface area contributed by atoms with Gasteiger partial charge in [-0.2, -0.15) is 5.10 Å². The minimum absolute atomic E-state index is 0.0723. The molecule has 0 saturated heterocycles. The number of aryl methyl sites for hydroxylation is 2. The molecule has 3 aromatic heterocycles. The SMILES string of the molecule is CCCCCS(=O)(=O)NC(=O)C=Cc1c(C)nn(C)c1-n1cc(Cl)c2cccnc21. The second-order valence-electron chi connectivity index (χ2n) is 6.99. The molecule has 0 atom stereocenters. The molecule has 0 aliphatic heterocycles. The molecule has 8 nitrogen and oxygen atoms in total. The topological polar surface area (TPSA) is 98.9 Å². The Morgan fingerprint density at radius 3 is 2.83 bits per heavy atom. The van der Waals surface area contributed by atoms with Crippen LogP contribution in [0.3, 0.4) is 0 Å². The van der Waals surface area contributed by atoms with Crippen LogP contribution in [0.5, 0.6) is 0 Å². The molecule has 3 heterocycles. The molecule has 0 saturated carbocycles. The van der Waals surface area contributed by atoms with Crippen LogP contribution < -0.4 is 4.72 Å². The number of rotatable bonds is 8. The highest BCUT2D eigenvalue weighted by Gasteiger charge is 2.18. The maximum atomic E-state index is 12.2. The third-order valence-electron chi connectivity index (χ3n) is 4.65. The molecule has 1 amide bonds. The van der Waals surface area contributed by atoms with Crippen LogP contribution in [0.4, 0.5) is 0 Å². The molecule has 3 aromatic rings. The van der Waals surface area contributed by atoms with Gasteiger partial charge in [0.2, 0.25) is 10.0 Å². The first kappa shape index (κ1) is 22.0. The number of amides is 1. The molecule has 0 fully saturated rings. The molecule has 3 rings (SSSR count). The lowest BCUT2D eigenvalue weighted by molar-refractivity contribution is -0.114. The van der Waals surface area contributed by atoms with Gasteiger partial charge < -0.3 is 0 Å². The fourth-order valence-corrected chi connectivity index (χ4v) is 4.57. The van der Waals surface area contributed by atoms with Crippen molar-refractivity contribution in [3.8, 4) is 5.82 Å². The van der Waals surface area contributed by atoms with Crippen molar-refractivity contribution in [1.82, 2.24) is 24.1 Å². The quantitative estimate of drug-likeness (QED) is 0.420. The Hall–Kier alpha value is -2.65. The minimum atomic E-state index is -3.65. The van der Waals surface area contributed by atoms with Gasteiger partial charge in [-0.25, -0.2) is 18.1 Å². The second kappa shape index (κ2) is 9.01. The molecule has 0 radical (unpaired) electrons. The van der Waals surface area contributed by atoms with Crippen LogP contribution in [0.1, 0.15) is 37.4 Å². The van der Waals surface area contributed by atoms with E-state index in [9.17, 15) is 13.2 Å². The van der Waals surface area contributed by atoms with Crippen molar-refractivity contribution in [2.24, 2.45) is 7.05 Å². The Morgan fingerprint density at radius 2 is 2.10 bits per heavy atom. The molecule has 0 spiro atoms. The number of carbonyl (C=O) groups excluding carboxylic acids is 1. The summed E-state index contributed by atoms with van der Waals surface area (Å²) >= 11 is 6.35. The van der Waals surface area contributed by atoms with Gasteiger partial charge in [-0.3, -0.25) is 14.0 Å². The summed E-state index contributed by atoms with van der Waals surface area (Å²) in [4.78, 5) is 16.6. The summed E-state index contributed by atoms with van der Waals surface area (Å²) in [5.74, 6) is -0.107. The highest BCUT2D eigenvalue weighted by atomic mass is 35.5. The van der Waals surface area contributed by atoms with E-state index < -0.39 is 15.9 Å². The summed E-state index contributed by atoms with van der Waals surface area (Å²) in [6.45, 7) is 3.79. The molecule has 10 heteroatoms. The average Bonchev–Trinajstić information content (AvgIpc) is 3.15. The molecule has 0 unspecified atom stereocenters. The highest BCUT2D eigenvalue weighted by molar-refractivity contribution is 7.90. The lowest BCUT2D eigenvalue weighted by Gasteiger charge is -2.07. The van der Waals surface area contributed by atoms with E-state index in [-0.39, 0.29) is 5.75 Å². The van der Waals surface area contributed by atoms with E-state index in [2.05, 4.69) is 14.8 Å². The Bertz CT molecular complexity index is 1210. The van der Waals surface area contributed by atoms with E-state index in [4.69, 9.17) is 11.6 Å². The molecule has 30 heavy (non-hydrogen) atoms. The molecule has 0 aliphatic rings. The smallest absolute Gasteiger partial charge is 0.257 e. The number of fused-ring (bicyclic) bond motifs is 1. The zero-order valence-electron chi connectivity index (χ0n) is 17.1. The van der Waals surface area contributed by atoms with Crippen LogP contribution in [0.25, 0.3) is 22.9 Å². The monoisotopic (exact) mass is 449 g/mol. The van der Waals surface area contributed by atoms with Crippen molar-refractivity contribution >= 4 is 44.6 Å². The molecule has 160 valence electrons. The lowest BCUT2D eigenvalue weighted by Crippen LogP contribution is -2.31. The first-order chi connectivity index (χ1) is 14.2. The Labute approximate surface area is 180 Å². The number of hydrogen-bond acceptors (Lipinski definition) is 5. The maximum absolute atomic E-state index is 12.2. The number of nitrogens with one attached hydrogen (secondary N) is 1. The van der Waals surface area contributed by atoms with Crippen molar-refractivity contribution < 1.29 is 13.2 Å². The standard InChI is InChI=1S/C20H24ClN5O3S/c1-4-5-6-12-30(28,29)24-18(27)10-9-15-14(2)23-25(3)20(15)26-13-17(21)16-8-7-11-22-19(16)26/h7-11,13H,4-6,12H2,1-3H3,(H,24,27). The summed E-state index contributed by atoms with van der Waals surface area (Å²) in [5.41, 5.74) is 2.00. The number of hydrogen-bond donors (Lipinski definition) is 1. The summed E-state index contributed by atoms with van der Waals surface area (Å²) in [6, 6.07) is 3.68. The van der Waals surface area contributed by atoms with Gasteiger partial charge in [0.1, 0.15) is 11.5 Å². The van der Waals surface area contributed by atoms with Gasteiger partial charge in [0.05, 0.1) is 16.5 Å². The number of aromatic nitrogens is 4. The molecular weight excluding hydrogens is 426 g/mol. The molecular formula is C20H24ClN5O3S. The van der Waals surface area contributed by atoms with Gasteiger partial charge in [0.25, 0.3) is 5.91 Å². The van der Waals surface area contributed by atoms with E-state index in [0.717, 1.165) is 18.2 Å². The number of nitrogens with zero attached hydrogens (tertiary/aromatic N) is 4. The second-order valence-corrected chi connectivity index (χ2v) is 9.24. The van der Waals surface area contributed by atoms with Crippen LogP contribution in [0.15, 0.2) is 30.6 Å². The zero-order chi connectivity index (χ0) is 21.9. The van der Waals surface area contributed by atoms with Crippen molar-refractivity contribution in [3.05, 3.63) is 46.9 Å².